The van der Waals surface area contributed by atoms with E-state index >= 15 is 0 Å². The first-order chi connectivity index (χ1) is 5.04. The van der Waals surface area contributed by atoms with Crippen LogP contribution in [0.5, 0.6) is 5.75 Å². The van der Waals surface area contributed by atoms with Crippen molar-refractivity contribution in [1.29, 1.82) is 0 Å². The normalized spacial score (nSPS) is 10.2. The molecule has 0 amide bonds. The summed E-state index contributed by atoms with van der Waals surface area (Å²) < 4.78 is 12.6. The minimum Gasteiger partial charge on any atom is -0.505 e. The molecule has 0 atom stereocenters. The van der Waals surface area contributed by atoms with E-state index in [0.717, 1.165) is 6.07 Å². The first-order valence-corrected chi connectivity index (χ1v) is 3.69. The summed E-state index contributed by atoms with van der Waals surface area (Å²) >= 11 is 16.1. The third-order valence-corrected chi connectivity index (χ3v) is 2.21. The van der Waals surface area contributed by atoms with Crippen molar-refractivity contribution in [3.05, 3.63) is 27.0 Å². The fraction of sp³-hybridized carbons (Fsp3) is 0. The topological polar surface area (TPSA) is 20.2 Å². The van der Waals surface area contributed by atoms with Gasteiger partial charge in [0, 0.05) is 0 Å². The van der Waals surface area contributed by atoms with Gasteiger partial charge in [-0.25, -0.2) is 4.39 Å². The lowest BCUT2D eigenvalue weighted by Gasteiger charge is -2.01. The molecule has 0 aliphatic carbocycles. The molecular formula is C6H2Cl3FO. The van der Waals surface area contributed by atoms with Gasteiger partial charge in [0.2, 0.25) is 0 Å². The zero-order valence-electron chi connectivity index (χ0n) is 5.04. The maximum Gasteiger partial charge on any atom is 0.154 e. The highest BCUT2D eigenvalue weighted by Crippen LogP contribution is 2.38. The van der Waals surface area contributed by atoms with E-state index < -0.39 is 11.6 Å². The maximum absolute atomic E-state index is 12.6. The molecule has 0 fully saturated rings. The van der Waals surface area contributed by atoms with E-state index in [1.807, 2.05) is 0 Å². The summed E-state index contributed by atoms with van der Waals surface area (Å²) in [5.74, 6) is -1.15. The minimum absolute atomic E-state index is 0.156. The van der Waals surface area contributed by atoms with Crippen LogP contribution in [0.25, 0.3) is 0 Å². The van der Waals surface area contributed by atoms with E-state index in [1.54, 1.807) is 0 Å². The van der Waals surface area contributed by atoms with Gasteiger partial charge in [-0.1, -0.05) is 34.8 Å². The van der Waals surface area contributed by atoms with Crippen molar-refractivity contribution >= 4 is 34.8 Å². The Morgan fingerprint density at radius 3 is 2.27 bits per heavy atom. The van der Waals surface area contributed by atoms with Crippen molar-refractivity contribution in [2.24, 2.45) is 0 Å². The van der Waals surface area contributed by atoms with Gasteiger partial charge in [-0.15, -0.1) is 0 Å². The van der Waals surface area contributed by atoms with Gasteiger partial charge in [-0.2, -0.15) is 0 Å². The molecule has 0 unspecified atom stereocenters. The highest BCUT2D eigenvalue weighted by Gasteiger charge is 2.12. The Hall–Kier alpha value is -0.180. The number of aromatic hydroxyl groups is 1. The highest BCUT2D eigenvalue weighted by molar-refractivity contribution is 6.44. The van der Waals surface area contributed by atoms with E-state index in [4.69, 9.17) is 39.9 Å². The van der Waals surface area contributed by atoms with Crippen LogP contribution in [0, 0.1) is 5.82 Å². The zero-order valence-corrected chi connectivity index (χ0v) is 7.30. The Morgan fingerprint density at radius 1 is 1.18 bits per heavy atom. The number of benzene rings is 1. The Bertz CT molecular complexity index is 274. The Balaban J connectivity index is 3.46. The van der Waals surface area contributed by atoms with Crippen LogP contribution in [0.1, 0.15) is 0 Å². The van der Waals surface area contributed by atoms with Crippen LogP contribution in [-0.4, -0.2) is 5.11 Å². The van der Waals surface area contributed by atoms with E-state index in [0.29, 0.717) is 0 Å². The molecule has 0 saturated carbocycles. The third-order valence-electron chi connectivity index (χ3n) is 1.09. The molecule has 0 spiro atoms. The van der Waals surface area contributed by atoms with Crippen LogP contribution < -0.4 is 0 Å². The van der Waals surface area contributed by atoms with Gasteiger partial charge < -0.3 is 5.11 Å². The largest absolute Gasteiger partial charge is 0.505 e. The van der Waals surface area contributed by atoms with E-state index in [9.17, 15) is 4.39 Å². The molecule has 1 aromatic carbocycles. The van der Waals surface area contributed by atoms with Crippen molar-refractivity contribution in [2.75, 3.05) is 0 Å². The van der Waals surface area contributed by atoms with Crippen molar-refractivity contribution in [3.8, 4) is 5.75 Å². The van der Waals surface area contributed by atoms with E-state index in [-0.39, 0.29) is 15.1 Å². The molecule has 0 aliphatic rings. The number of rotatable bonds is 0. The second-order valence-electron chi connectivity index (χ2n) is 1.82. The molecule has 11 heavy (non-hydrogen) atoms. The Labute approximate surface area is 77.3 Å². The molecule has 0 aromatic heterocycles. The SMILES string of the molecule is Oc1c(Cl)cc(F)c(Cl)c1Cl. The summed E-state index contributed by atoms with van der Waals surface area (Å²) in [5, 5.41) is 8.25. The van der Waals surface area contributed by atoms with Crippen LogP contribution >= 0.6 is 34.8 Å². The summed E-state index contributed by atoms with van der Waals surface area (Å²) in [6.45, 7) is 0. The van der Waals surface area contributed by atoms with Crippen molar-refractivity contribution in [3.63, 3.8) is 0 Å². The van der Waals surface area contributed by atoms with Crippen molar-refractivity contribution in [1.82, 2.24) is 0 Å². The zero-order chi connectivity index (χ0) is 8.59. The van der Waals surface area contributed by atoms with Crippen LogP contribution in [0.4, 0.5) is 4.39 Å². The second kappa shape index (κ2) is 3.05. The summed E-state index contributed by atoms with van der Waals surface area (Å²) in [7, 11) is 0. The smallest absolute Gasteiger partial charge is 0.154 e. The molecule has 1 N–H and O–H groups in total. The van der Waals surface area contributed by atoms with Gasteiger partial charge in [0.05, 0.1) is 10.0 Å². The highest BCUT2D eigenvalue weighted by atomic mass is 35.5. The standard InChI is InChI=1S/C6H2Cl3FO/c7-2-1-3(10)4(8)5(9)6(2)11/h1,11H. The van der Waals surface area contributed by atoms with Crippen molar-refractivity contribution in [2.45, 2.75) is 0 Å². The van der Waals surface area contributed by atoms with Crippen LogP contribution in [0.3, 0.4) is 0 Å². The first-order valence-electron chi connectivity index (χ1n) is 2.56. The summed E-state index contributed by atoms with van der Waals surface area (Å²) in [6.07, 6.45) is 0. The number of phenols is 1. The average molecular weight is 215 g/mol. The molecule has 1 aromatic rings. The molecular weight excluding hydrogens is 213 g/mol. The fourth-order valence-electron chi connectivity index (χ4n) is 0.557. The molecule has 60 valence electrons. The van der Waals surface area contributed by atoms with Crippen molar-refractivity contribution < 1.29 is 9.50 Å². The number of hydrogen-bond acceptors (Lipinski definition) is 1. The molecule has 1 nitrogen and oxygen atoms in total. The molecule has 0 radical (unpaired) electrons. The average Bonchev–Trinajstić information content (AvgIpc) is 1.97. The maximum atomic E-state index is 12.6. The predicted molar refractivity (Wildman–Crippen MR) is 43.1 cm³/mol. The van der Waals surface area contributed by atoms with E-state index in [1.165, 1.54) is 0 Å². The number of phenolic OH excluding ortho intramolecular Hbond substituents is 1. The molecule has 0 aliphatic heterocycles. The van der Waals surface area contributed by atoms with Gasteiger partial charge in [-0.3, -0.25) is 0 Å². The predicted octanol–water partition coefficient (Wildman–Crippen LogP) is 3.49. The Morgan fingerprint density at radius 2 is 1.73 bits per heavy atom. The summed E-state index contributed by atoms with van der Waals surface area (Å²) in [4.78, 5) is 0. The van der Waals surface area contributed by atoms with Gasteiger partial charge in [0.1, 0.15) is 10.8 Å². The summed E-state index contributed by atoms with van der Waals surface area (Å²) in [6, 6.07) is 0.894. The lowest BCUT2D eigenvalue weighted by Crippen LogP contribution is -1.80. The second-order valence-corrected chi connectivity index (χ2v) is 2.98. The van der Waals surface area contributed by atoms with Gasteiger partial charge in [0.15, 0.2) is 5.75 Å². The molecule has 1 rings (SSSR count). The minimum atomic E-state index is -0.750. The molecule has 5 heteroatoms. The number of hydrogen-bond donors (Lipinski definition) is 1. The van der Waals surface area contributed by atoms with Crippen LogP contribution in [-0.2, 0) is 0 Å². The van der Waals surface area contributed by atoms with Gasteiger partial charge in [0.25, 0.3) is 0 Å². The Kier molecular flexibility index (Phi) is 2.47. The summed E-state index contributed by atoms with van der Waals surface area (Å²) in [5.41, 5.74) is 0. The molecule has 0 bridgehead atoms. The third kappa shape index (κ3) is 1.53. The van der Waals surface area contributed by atoms with Crippen LogP contribution in [0.15, 0.2) is 6.07 Å². The van der Waals surface area contributed by atoms with Crippen LogP contribution in [0.2, 0.25) is 15.1 Å². The first kappa shape index (κ1) is 8.91. The lowest BCUT2D eigenvalue weighted by molar-refractivity contribution is 0.474. The molecule has 0 saturated heterocycles. The number of halogens is 4. The lowest BCUT2D eigenvalue weighted by atomic mass is 10.3. The van der Waals surface area contributed by atoms with E-state index in [2.05, 4.69) is 0 Å². The fourth-order valence-corrected chi connectivity index (χ4v) is 1.13. The van der Waals surface area contributed by atoms with Gasteiger partial charge in [-0.05, 0) is 6.07 Å². The molecule has 0 heterocycles. The quantitative estimate of drug-likeness (QED) is 0.519. The van der Waals surface area contributed by atoms with Gasteiger partial charge >= 0.3 is 0 Å². The monoisotopic (exact) mass is 214 g/mol.